The van der Waals surface area contributed by atoms with Crippen molar-refractivity contribution in [2.24, 2.45) is 0 Å². The first-order chi connectivity index (χ1) is 13.2. The van der Waals surface area contributed by atoms with Gasteiger partial charge in [0.05, 0.1) is 22.9 Å². The second kappa shape index (κ2) is 8.21. The molecule has 2 N–H and O–H groups in total. The van der Waals surface area contributed by atoms with E-state index < -0.39 is 0 Å². The number of rotatable bonds is 8. The summed E-state index contributed by atoms with van der Waals surface area (Å²) in [5.74, 6) is 1.08. The third-order valence-corrected chi connectivity index (χ3v) is 5.46. The minimum Gasteiger partial charge on any atom is -0.383 e. The van der Waals surface area contributed by atoms with Gasteiger partial charge in [-0.3, -0.25) is 0 Å². The van der Waals surface area contributed by atoms with E-state index in [9.17, 15) is 0 Å². The Balaban J connectivity index is 1.59. The van der Waals surface area contributed by atoms with Gasteiger partial charge in [0.1, 0.15) is 0 Å². The van der Waals surface area contributed by atoms with Crippen LogP contribution in [0.5, 0.6) is 0 Å². The van der Waals surface area contributed by atoms with E-state index in [0.717, 1.165) is 33.6 Å². The van der Waals surface area contributed by atoms with Crippen LogP contribution in [0.2, 0.25) is 5.02 Å². The molecule has 1 aliphatic carbocycles. The number of halogens is 1. The van der Waals surface area contributed by atoms with Crippen LogP contribution in [0, 0.1) is 0 Å². The molecular formula is C19H20ClN5OS. The molecule has 1 fully saturated rings. The van der Waals surface area contributed by atoms with Crippen molar-refractivity contribution in [2.75, 3.05) is 30.9 Å². The number of benzene rings is 1. The standard InChI is InChI=1S/C19H20ClN5OS/c1-26-10-9-22-19-25-16(12-5-6-12)17(27-19)15-7-8-21-18(24-15)23-14-4-2-3-13(20)11-14/h2-4,7-8,11-12H,5-6,9-10H2,1H3,(H,22,25)(H,21,23,24). The summed E-state index contributed by atoms with van der Waals surface area (Å²) in [6.45, 7) is 1.38. The normalized spacial score (nSPS) is 13.6. The minimum absolute atomic E-state index is 0.536. The van der Waals surface area contributed by atoms with Gasteiger partial charge in [-0.25, -0.2) is 15.0 Å². The lowest BCUT2D eigenvalue weighted by Gasteiger charge is -2.06. The van der Waals surface area contributed by atoms with Gasteiger partial charge in [0.2, 0.25) is 5.95 Å². The molecule has 8 heteroatoms. The van der Waals surface area contributed by atoms with Gasteiger partial charge >= 0.3 is 0 Å². The topological polar surface area (TPSA) is 72.0 Å². The Hall–Kier alpha value is -2.22. The van der Waals surface area contributed by atoms with E-state index in [1.54, 1.807) is 24.6 Å². The van der Waals surface area contributed by atoms with Crippen LogP contribution in [0.25, 0.3) is 10.6 Å². The summed E-state index contributed by atoms with van der Waals surface area (Å²) in [7, 11) is 1.69. The molecule has 0 radical (unpaired) electrons. The highest BCUT2D eigenvalue weighted by Crippen LogP contribution is 2.46. The van der Waals surface area contributed by atoms with E-state index in [1.807, 2.05) is 30.3 Å². The Bertz CT molecular complexity index is 928. The lowest BCUT2D eigenvalue weighted by molar-refractivity contribution is 0.211. The monoisotopic (exact) mass is 401 g/mol. The molecule has 0 bridgehead atoms. The molecule has 0 saturated heterocycles. The fourth-order valence-corrected chi connectivity index (χ4v) is 3.96. The van der Waals surface area contributed by atoms with Crippen molar-refractivity contribution >= 4 is 39.7 Å². The summed E-state index contributed by atoms with van der Waals surface area (Å²) in [5, 5.41) is 8.12. The van der Waals surface area contributed by atoms with Gasteiger partial charge in [-0.2, -0.15) is 0 Å². The highest BCUT2D eigenvalue weighted by molar-refractivity contribution is 7.19. The van der Waals surface area contributed by atoms with Crippen LogP contribution in [-0.4, -0.2) is 35.2 Å². The molecule has 27 heavy (non-hydrogen) atoms. The average Bonchev–Trinajstić information content (AvgIpc) is 3.42. The third kappa shape index (κ3) is 4.55. The van der Waals surface area contributed by atoms with Crippen LogP contribution < -0.4 is 10.6 Å². The van der Waals surface area contributed by atoms with E-state index in [1.165, 1.54) is 12.8 Å². The molecule has 3 aromatic rings. The summed E-state index contributed by atoms with van der Waals surface area (Å²) >= 11 is 7.68. The zero-order valence-corrected chi connectivity index (χ0v) is 16.5. The van der Waals surface area contributed by atoms with E-state index >= 15 is 0 Å². The zero-order chi connectivity index (χ0) is 18.6. The molecule has 4 rings (SSSR count). The quantitative estimate of drug-likeness (QED) is 0.521. The number of hydrogen-bond acceptors (Lipinski definition) is 7. The van der Waals surface area contributed by atoms with Crippen LogP contribution in [0.4, 0.5) is 16.8 Å². The smallest absolute Gasteiger partial charge is 0.227 e. The zero-order valence-electron chi connectivity index (χ0n) is 14.9. The first-order valence-corrected chi connectivity index (χ1v) is 10.0. The molecule has 1 aromatic carbocycles. The van der Waals surface area contributed by atoms with Gasteiger partial charge in [0.25, 0.3) is 0 Å². The van der Waals surface area contributed by atoms with Gasteiger partial charge in [0, 0.05) is 36.5 Å². The number of nitrogens with one attached hydrogen (secondary N) is 2. The predicted octanol–water partition coefficient (Wildman–Crippen LogP) is 4.93. The van der Waals surface area contributed by atoms with Gasteiger partial charge in [-0.15, -0.1) is 0 Å². The molecule has 2 aromatic heterocycles. The van der Waals surface area contributed by atoms with E-state index in [-0.39, 0.29) is 0 Å². The summed E-state index contributed by atoms with van der Waals surface area (Å²) < 4.78 is 5.10. The molecule has 0 aliphatic heterocycles. The summed E-state index contributed by atoms with van der Waals surface area (Å²) in [5.41, 5.74) is 2.87. The lowest BCUT2D eigenvalue weighted by atomic mass is 10.2. The molecule has 1 aliphatic rings. The number of thiazole rings is 1. The maximum absolute atomic E-state index is 6.05. The first-order valence-electron chi connectivity index (χ1n) is 8.82. The maximum atomic E-state index is 6.05. The van der Waals surface area contributed by atoms with Gasteiger partial charge in [-0.05, 0) is 37.1 Å². The number of aromatic nitrogens is 3. The van der Waals surface area contributed by atoms with Crippen molar-refractivity contribution < 1.29 is 4.74 Å². The van der Waals surface area contributed by atoms with Crippen LogP contribution in [-0.2, 0) is 4.74 Å². The number of hydrogen-bond donors (Lipinski definition) is 2. The minimum atomic E-state index is 0.536. The van der Waals surface area contributed by atoms with Crippen molar-refractivity contribution in [3.05, 3.63) is 47.2 Å². The molecule has 0 atom stereocenters. The second-order valence-corrected chi connectivity index (χ2v) is 7.76. The Morgan fingerprint density at radius 1 is 1.26 bits per heavy atom. The molecule has 2 heterocycles. The largest absolute Gasteiger partial charge is 0.383 e. The molecule has 0 spiro atoms. The van der Waals surface area contributed by atoms with Crippen LogP contribution in [0.3, 0.4) is 0 Å². The second-order valence-electron chi connectivity index (χ2n) is 6.33. The Kier molecular flexibility index (Phi) is 5.52. The van der Waals surface area contributed by atoms with Crippen molar-refractivity contribution in [1.82, 2.24) is 15.0 Å². The van der Waals surface area contributed by atoms with Crippen molar-refractivity contribution in [3.63, 3.8) is 0 Å². The van der Waals surface area contributed by atoms with Gasteiger partial charge < -0.3 is 15.4 Å². The molecule has 0 amide bonds. The van der Waals surface area contributed by atoms with Crippen LogP contribution in [0.15, 0.2) is 36.5 Å². The summed E-state index contributed by atoms with van der Waals surface area (Å²) in [4.78, 5) is 14.9. The van der Waals surface area contributed by atoms with E-state index in [4.69, 9.17) is 26.3 Å². The third-order valence-electron chi connectivity index (χ3n) is 4.17. The van der Waals surface area contributed by atoms with E-state index in [2.05, 4.69) is 15.6 Å². The highest BCUT2D eigenvalue weighted by atomic mass is 35.5. The Morgan fingerprint density at radius 3 is 2.93 bits per heavy atom. The molecule has 1 saturated carbocycles. The highest BCUT2D eigenvalue weighted by Gasteiger charge is 2.30. The molecular weight excluding hydrogens is 382 g/mol. The Morgan fingerprint density at radius 2 is 2.15 bits per heavy atom. The first kappa shape index (κ1) is 18.2. The molecule has 0 unspecified atom stereocenters. The predicted molar refractivity (Wildman–Crippen MR) is 110 cm³/mol. The van der Waals surface area contributed by atoms with Crippen molar-refractivity contribution in [3.8, 4) is 10.6 Å². The van der Waals surface area contributed by atoms with Crippen LogP contribution >= 0.6 is 22.9 Å². The summed E-state index contributed by atoms with van der Waals surface area (Å²) in [6, 6.07) is 9.43. The number of anilines is 3. The fraction of sp³-hybridized carbons (Fsp3) is 0.316. The maximum Gasteiger partial charge on any atom is 0.227 e. The lowest BCUT2D eigenvalue weighted by Crippen LogP contribution is -2.07. The van der Waals surface area contributed by atoms with Crippen LogP contribution in [0.1, 0.15) is 24.5 Å². The SMILES string of the molecule is COCCNc1nc(C2CC2)c(-c2ccnc(Nc3cccc(Cl)c3)n2)s1. The fourth-order valence-electron chi connectivity index (χ4n) is 2.73. The number of methoxy groups -OCH3 is 1. The van der Waals surface area contributed by atoms with E-state index in [0.29, 0.717) is 23.5 Å². The Labute approximate surface area is 167 Å². The molecule has 6 nitrogen and oxygen atoms in total. The average molecular weight is 402 g/mol. The van der Waals surface area contributed by atoms with Crippen molar-refractivity contribution in [2.45, 2.75) is 18.8 Å². The number of ether oxygens (including phenoxy) is 1. The van der Waals surface area contributed by atoms with Gasteiger partial charge in [0.15, 0.2) is 5.13 Å². The van der Waals surface area contributed by atoms with Crippen molar-refractivity contribution in [1.29, 1.82) is 0 Å². The van der Waals surface area contributed by atoms with Gasteiger partial charge in [-0.1, -0.05) is 29.0 Å². The number of nitrogens with zero attached hydrogens (tertiary/aromatic N) is 3. The molecule has 140 valence electrons. The summed E-state index contributed by atoms with van der Waals surface area (Å²) in [6.07, 6.45) is 4.14.